The zero-order chi connectivity index (χ0) is 20.1. The van der Waals surface area contributed by atoms with E-state index in [2.05, 4.69) is 5.10 Å². The highest BCUT2D eigenvalue weighted by Gasteiger charge is 2.15. The smallest absolute Gasteiger partial charge is 0.227 e. The fourth-order valence-electron chi connectivity index (χ4n) is 2.96. The molecule has 6 heteroatoms. The average molecular weight is 377 g/mol. The number of hydrogen-bond donors (Lipinski definition) is 0. The van der Waals surface area contributed by atoms with Crippen molar-refractivity contribution in [1.82, 2.24) is 14.7 Å². The maximum Gasteiger partial charge on any atom is 0.227 e. The number of ether oxygens (including phenoxy) is 1. The molecule has 0 atom stereocenters. The number of hydrogen-bond acceptors (Lipinski definition) is 4. The summed E-state index contributed by atoms with van der Waals surface area (Å²) in [4.78, 5) is 26.0. The molecule has 0 fully saturated rings. The minimum absolute atomic E-state index is 0.0435. The van der Waals surface area contributed by atoms with Crippen molar-refractivity contribution in [2.75, 3.05) is 14.2 Å². The Bertz CT molecular complexity index is 980. The molecule has 28 heavy (non-hydrogen) atoms. The van der Waals surface area contributed by atoms with Gasteiger partial charge in [0, 0.05) is 36.5 Å². The number of rotatable bonds is 7. The first-order valence-corrected chi connectivity index (χ1v) is 8.98. The highest BCUT2D eigenvalue weighted by molar-refractivity contribution is 5.94. The molecule has 0 aliphatic heterocycles. The third kappa shape index (κ3) is 4.46. The van der Waals surface area contributed by atoms with E-state index in [0.717, 1.165) is 11.3 Å². The molecular weight excluding hydrogens is 354 g/mol. The molecule has 0 saturated heterocycles. The minimum atomic E-state index is -0.0635. The second kappa shape index (κ2) is 8.52. The van der Waals surface area contributed by atoms with Gasteiger partial charge in [-0.25, -0.2) is 4.68 Å². The van der Waals surface area contributed by atoms with E-state index in [9.17, 15) is 9.59 Å². The quantitative estimate of drug-likeness (QED) is 0.593. The van der Waals surface area contributed by atoms with Crippen LogP contribution in [0.1, 0.15) is 28.4 Å². The second-order valence-corrected chi connectivity index (χ2v) is 6.64. The molecule has 0 N–H and O–H groups in total. The van der Waals surface area contributed by atoms with Crippen molar-refractivity contribution >= 4 is 11.7 Å². The predicted octanol–water partition coefficient (Wildman–Crippen LogP) is 3.28. The van der Waals surface area contributed by atoms with Gasteiger partial charge in [0.05, 0.1) is 25.4 Å². The van der Waals surface area contributed by atoms with Crippen LogP contribution in [0, 0.1) is 0 Å². The molecular formula is C22H23N3O3. The van der Waals surface area contributed by atoms with Crippen molar-refractivity contribution < 1.29 is 14.3 Å². The molecule has 0 aliphatic carbocycles. The molecule has 1 heterocycles. The summed E-state index contributed by atoms with van der Waals surface area (Å²) in [6.07, 6.45) is 3.83. The minimum Gasteiger partial charge on any atom is -0.496 e. The van der Waals surface area contributed by atoms with Gasteiger partial charge in [0.25, 0.3) is 0 Å². The van der Waals surface area contributed by atoms with Crippen LogP contribution in [0.15, 0.2) is 60.9 Å². The SMILES string of the molecule is COc1ccc(C(C)=O)cc1CC(=O)N(C)Cc1cnn(-c2ccccc2)c1. The van der Waals surface area contributed by atoms with E-state index in [1.165, 1.54) is 6.92 Å². The summed E-state index contributed by atoms with van der Waals surface area (Å²) in [5.41, 5.74) is 3.17. The van der Waals surface area contributed by atoms with Crippen LogP contribution in [0.25, 0.3) is 5.69 Å². The van der Waals surface area contributed by atoms with Crippen molar-refractivity contribution in [1.29, 1.82) is 0 Å². The Morgan fingerprint density at radius 2 is 1.89 bits per heavy atom. The summed E-state index contributed by atoms with van der Waals surface area (Å²) in [5.74, 6) is 0.494. The fourth-order valence-corrected chi connectivity index (χ4v) is 2.96. The summed E-state index contributed by atoms with van der Waals surface area (Å²) in [7, 11) is 3.31. The third-order valence-electron chi connectivity index (χ3n) is 4.53. The molecule has 6 nitrogen and oxygen atoms in total. The van der Waals surface area contributed by atoms with E-state index in [-0.39, 0.29) is 18.1 Å². The number of methoxy groups -OCH3 is 1. The summed E-state index contributed by atoms with van der Waals surface area (Å²) in [6, 6.07) is 15.0. The Balaban J connectivity index is 1.69. The van der Waals surface area contributed by atoms with E-state index in [1.54, 1.807) is 48.1 Å². The number of nitrogens with zero attached hydrogens (tertiary/aromatic N) is 3. The van der Waals surface area contributed by atoms with Gasteiger partial charge >= 0.3 is 0 Å². The van der Waals surface area contributed by atoms with E-state index in [1.807, 2.05) is 36.5 Å². The van der Waals surface area contributed by atoms with Gasteiger partial charge in [-0.05, 0) is 37.3 Å². The molecule has 1 amide bonds. The Labute approximate surface area is 164 Å². The van der Waals surface area contributed by atoms with Crippen molar-refractivity contribution in [3.05, 3.63) is 77.6 Å². The Kier molecular flexibility index (Phi) is 5.89. The molecule has 2 aromatic carbocycles. The first-order chi connectivity index (χ1) is 13.5. The number of likely N-dealkylation sites (N-methyl/N-ethyl adjacent to an activating group) is 1. The van der Waals surface area contributed by atoms with Crippen LogP contribution in [0.2, 0.25) is 0 Å². The van der Waals surface area contributed by atoms with Gasteiger partial charge in [-0.1, -0.05) is 18.2 Å². The number of Topliss-reactive ketones (excluding diaryl/α,β-unsaturated/α-hetero) is 1. The topological polar surface area (TPSA) is 64.4 Å². The van der Waals surface area contributed by atoms with Crippen LogP contribution in [0.5, 0.6) is 5.75 Å². The van der Waals surface area contributed by atoms with Crippen LogP contribution in [0.3, 0.4) is 0 Å². The molecule has 3 rings (SSSR count). The van der Waals surface area contributed by atoms with Gasteiger partial charge < -0.3 is 9.64 Å². The molecule has 0 unspecified atom stereocenters. The number of carbonyl (C=O) groups is 2. The largest absolute Gasteiger partial charge is 0.496 e. The standard InChI is InChI=1S/C22H23N3O3/c1-16(26)18-9-10-21(28-3)19(11-18)12-22(27)24(2)14-17-13-23-25(15-17)20-7-5-4-6-8-20/h4-11,13,15H,12,14H2,1-3H3. The predicted molar refractivity (Wildman–Crippen MR) is 107 cm³/mol. The maximum absolute atomic E-state index is 12.7. The van der Waals surface area contributed by atoms with Gasteiger partial charge in [0.15, 0.2) is 5.78 Å². The van der Waals surface area contributed by atoms with Gasteiger partial charge in [-0.3, -0.25) is 9.59 Å². The normalized spacial score (nSPS) is 10.5. The van der Waals surface area contributed by atoms with Crippen molar-refractivity contribution in [2.45, 2.75) is 19.9 Å². The average Bonchev–Trinajstić information content (AvgIpc) is 3.17. The summed E-state index contributed by atoms with van der Waals surface area (Å²) in [5, 5.41) is 4.36. The van der Waals surface area contributed by atoms with Crippen molar-refractivity contribution in [3.8, 4) is 11.4 Å². The second-order valence-electron chi connectivity index (χ2n) is 6.64. The zero-order valence-corrected chi connectivity index (χ0v) is 16.3. The van der Waals surface area contributed by atoms with Crippen molar-refractivity contribution in [2.24, 2.45) is 0 Å². The van der Waals surface area contributed by atoms with Gasteiger partial charge in [-0.15, -0.1) is 0 Å². The lowest BCUT2D eigenvalue weighted by Gasteiger charge is -2.17. The Morgan fingerprint density at radius 1 is 1.14 bits per heavy atom. The molecule has 0 radical (unpaired) electrons. The number of para-hydroxylation sites is 1. The molecule has 0 spiro atoms. The van der Waals surface area contributed by atoms with Crippen LogP contribution < -0.4 is 4.74 Å². The molecule has 0 bridgehead atoms. The molecule has 3 aromatic rings. The molecule has 0 saturated carbocycles. The lowest BCUT2D eigenvalue weighted by atomic mass is 10.0. The third-order valence-corrected chi connectivity index (χ3v) is 4.53. The summed E-state index contributed by atoms with van der Waals surface area (Å²) >= 11 is 0. The summed E-state index contributed by atoms with van der Waals surface area (Å²) in [6.45, 7) is 1.95. The van der Waals surface area contributed by atoms with Gasteiger partial charge in [0.2, 0.25) is 5.91 Å². The number of amides is 1. The fraction of sp³-hybridized carbons (Fsp3) is 0.227. The van der Waals surface area contributed by atoms with Crippen LogP contribution >= 0.6 is 0 Å². The molecule has 0 aliphatic rings. The molecule has 1 aromatic heterocycles. The number of ketones is 1. The number of aromatic nitrogens is 2. The maximum atomic E-state index is 12.7. The van der Waals surface area contributed by atoms with E-state index < -0.39 is 0 Å². The number of carbonyl (C=O) groups excluding carboxylic acids is 2. The number of benzene rings is 2. The van der Waals surface area contributed by atoms with E-state index in [4.69, 9.17) is 4.74 Å². The van der Waals surface area contributed by atoms with E-state index in [0.29, 0.717) is 23.4 Å². The van der Waals surface area contributed by atoms with E-state index >= 15 is 0 Å². The van der Waals surface area contributed by atoms with Crippen LogP contribution in [-0.4, -0.2) is 40.5 Å². The lowest BCUT2D eigenvalue weighted by molar-refractivity contribution is -0.129. The Morgan fingerprint density at radius 3 is 2.57 bits per heavy atom. The molecule has 144 valence electrons. The van der Waals surface area contributed by atoms with Crippen molar-refractivity contribution in [3.63, 3.8) is 0 Å². The Hall–Kier alpha value is -3.41. The monoisotopic (exact) mass is 377 g/mol. The first kappa shape index (κ1) is 19.4. The zero-order valence-electron chi connectivity index (χ0n) is 16.3. The highest BCUT2D eigenvalue weighted by atomic mass is 16.5. The van der Waals surface area contributed by atoms with Gasteiger partial charge in [0.1, 0.15) is 5.75 Å². The summed E-state index contributed by atoms with van der Waals surface area (Å²) < 4.78 is 7.12. The first-order valence-electron chi connectivity index (χ1n) is 8.98. The van der Waals surface area contributed by atoms with Gasteiger partial charge in [-0.2, -0.15) is 5.10 Å². The van der Waals surface area contributed by atoms with Crippen LogP contribution in [0.4, 0.5) is 0 Å². The highest BCUT2D eigenvalue weighted by Crippen LogP contribution is 2.22. The van der Waals surface area contributed by atoms with Crippen LogP contribution in [-0.2, 0) is 17.8 Å². The lowest BCUT2D eigenvalue weighted by Crippen LogP contribution is -2.27.